The summed E-state index contributed by atoms with van der Waals surface area (Å²) >= 11 is 0. The van der Waals surface area contributed by atoms with Crippen molar-refractivity contribution in [3.05, 3.63) is 24.0 Å². The van der Waals surface area contributed by atoms with Crippen molar-refractivity contribution in [1.82, 2.24) is 15.2 Å². The van der Waals surface area contributed by atoms with Gasteiger partial charge in [0.25, 0.3) is 0 Å². The Morgan fingerprint density at radius 2 is 2.37 bits per heavy atom. The summed E-state index contributed by atoms with van der Waals surface area (Å²) in [6.07, 6.45) is 4.50. The number of ether oxygens (including phenoxy) is 1. The van der Waals surface area contributed by atoms with E-state index in [9.17, 15) is 4.79 Å². The predicted molar refractivity (Wildman–Crippen MR) is 73.8 cm³/mol. The van der Waals surface area contributed by atoms with E-state index in [1.54, 1.807) is 7.11 Å². The van der Waals surface area contributed by atoms with E-state index in [1.165, 1.54) is 12.8 Å². The molecule has 1 unspecified atom stereocenters. The second kappa shape index (κ2) is 6.73. The lowest BCUT2D eigenvalue weighted by Crippen LogP contribution is -2.38. The molecule has 5 heteroatoms. The highest BCUT2D eigenvalue weighted by Crippen LogP contribution is 2.19. The van der Waals surface area contributed by atoms with Crippen LogP contribution in [0.5, 0.6) is 0 Å². The Hall–Kier alpha value is -1.33. The lowest BCUT2D eigenvalue weighted by Gasteiger charge is -2.14. The van der Waals surface area contributed by atoms with E-state index in [2.05, 4.69) is 16.7 Å². The van der Waals surface area contributed by atoms with Crippen LogP contribution in [0.4, 0.5) is 0 Å². The van der Waals surface area contributed by atoms with Gasteiger partial charge in [0, 0.05) is 37.6 Å². The van der Waals surface area contributed by atoms with Gasteiger partial charge in [0.1, 0.15) is 6.54 Å². The number of nitrogens with zero attached hydrogens (tertiary/aromatic N) is 1. The molecular formula is C14H23N3O2. The number of hydrogen-bond acceptors (Lipinski definition) is 3. The molecule has 1 aromatic heterocycles. The first-order valence-electron chi connectivity index (χ1n) is 6.84. The normalized spacial score (nSPS) is 16.3. The number of rotatable bonds is 8. The standard InChI is InChI=1S/C14H23N3O2/c1-11(10-19-2)16-14(18)9-17-7-3-4-13(17)8-15-12-5-6-12/h3-4,7,11-12,15H,5-6,8-10H2,1-2H3,(H,16,18). The molecule has 0 spiro atoms. The highest BCUT2D eigenvalue weighted by Gasteiger charge is 2.20. The van der Waals surface area contributed by atoms with E-state index in [0.717, 1.165) is 12.2 Å². The molecule has 0 aromatic carbocycles. The van der Waals surface area contributed by atoms with E-state index >= 15 is 0 Å². The molecule has 1 heterocycles. The number of amides is 1. The van der Waals surface area contributed by atoms with E-state index in [-0.39, 0.29) is 11.9 Å². The molecule has 0 saturated heterocycles. The van der Waals surface area contributed by atoms with Crippen molar-refractivity contribution < 1.29 is 9.53 Å². The average Bonchev–Trinajstić information content (AvgIpc) is 3.08. The highest BCUT2D eigenvalue weighted by atomic mass is 16.5. The molecule has 1 saturated carbocycles. The van der Waals surface area contributed by atoms with Crippen LogP contribution in [0, 0.1) is 0 Å². The molecular weight excluding hydrogens is 242 g/mol. The Morgan fingerprint density at radius 3 is 3.05 bits per heavy atom. The molecule has 1 fully saturated rings. The van der Waals surface area contributed by atoms with Gasteiger partial charge in [-0.2, -0.15) is 0 Å². The second-order valence-electron chi connectivity index (χ2n) is 5.21. The van der Waals surface area contributed by atoms with Gasteiger partial charge in [-0.3, -0.25) is 4.79 Å². The van der Waals surface area contributed by atoms with Crippen molar-refractivity contribution in [2.45, 2.75) is 44.9 Å². The lowest BCUT2D eigenvalue weighted by molar-refractivity contribution is -0.122. The monoisotopic (exact) mass is 265 g/mol. The zero-order chi connectivity index (χ0) is 13.7. The van der Waals surface area contributed by atoms with Crippen LogP contribution in [0.25, 0.3) is 0 Å². The van der Waals surface area contributed by atoms with Crippen molar-refractivity contribution in [2.24, 2.45) is 0 Å². The predicted octanol–water partition coefficient (Wildman–Crippen LogP) is 0.891. The van der Waals surface area contributed by atoms with E-state index in [1.807, 2.05) is 23.8 Å². The number of carbonyl (C=O) groups is 1. The zero-order valence-electron chi connectivity index (χ0n) is 11.7. The summed E-state index contributed by atoms with van der Waals surface area (Å²) in [6.45, 7) is 3.67. The van der Waals surface area contributed by atoms with Gasteiger partial charge < -0.3 is 19.9 Å². The van der Waals surface area contributed by atoms with Crippen molar-refractivity contribution >= 4 is 5.91 Å². The first-order chi connectivity index (χ1) is 9.19. The lowest BCUT2D eigenvalue weighted by atomic mass is 10.3. The summed E-state index contributed by atoms with van der Waals surface area (Å²) in [7, 11) is 1.64. The minimum atomic E-state index is 0.0217. The second-order valence-corrected chi connectivity index (χ2v) is 5.21. The molecule has 2 rings (SSSR count). The molecule has 19 heavy (non-hydrogen) atoms. The molecule has 1 atom stereocenters. The summed E-state index contributed by atoms with van der Waals surface area (Å²) in [5.74, 6) is 0.0217. The number of hydrogen-bond donors (Lipinski definition) is 2. The fourth-order valence-corrected chi connectivity index (χ4v) is 2.07. The fraction of sp³-hybridized carbons (Fsp3) is 0.643. The van der Waals surface area contributed by atoms with Crippen molar-refractivity contribution in [3.63, 3.8) is 0 Å². The van der Waals surface area contributed by atoms with Crippen molar-refractivity contribution in [2.75, 3.05) is 13.7 Å². The molecule has 1 aromatic rings. The quantitative estimate of drug-likeness (QED) is 0.734. The van der Waals surface area contributed by atoms with Crippen LogP contribution in [0.2, 0.25) is 0 Å². The van der Waals surface area contributed by atoms with Gasteiger partial charge in [0.2, 0.25) is 5.91 Å². The first-order valence-corrected chi connectivity index (χ1v) is 6.84. The summed E-state index contributed by atoms with van der Waals surface area (Å²) in [4.78, 5) is 11.9. The Kier molecular flexibility index (Phi) is 4.99. The Labute approximate surface area is 114 Å². The maximum atomic E-state index is 11.9. The minimum Gasteiger partial charge on any atom is -0.383 e. The largest absolute Gasteiger partial charge is 0.383 e. The number of methoxy groups -OCH3 is 1. The third kappa shape index (κ3) is 4.69. The van der Waals surface area contributed by atoms with Crippen LogP contribution in [-0.2, 0) is 22.6 Å². The van der Waals surface area contributed by atoms with Gasteiger partial charge in [-0.15, -0.1) is 0 Å². The summed E-state index contributed by atoms with van der Waals surface area (Å²) in [6, 6.07) is 4.76. The average molecular weight is 265 g/mol. The molecule has 106 valence electrons. The first kappa shape index (κ1) is 14.1. The van der Waals surface area contributed by atoms with Gasteiger partial charge in [0.05, 0.1) is 6.61 Å². The van der Waals surface area contributed by atoms with Crippen LogP contribution >= 0.6 is 0 Å². The molecule has 1 aliphatic rings. The van der Waals surface area contributed by atoms with Crippen molar-refractivity contribution in [1.29, 1.82) is 0 Å². The Bertz CT molecular complexity index is 413. The summed E-state index contributed by atoms with van der Waals surface area (Å²) in [5.41, 5.74) is 1.15. The van der Waals surface area contributed by atoms with Crippen LogP contribution in [0.15, 0.2) is 18.3 Å². The fourth-order valence-electron chi connectivity index (χ4n) is 2.07. The van der Waals surface area contributed by atoms with Crippen LogP contribution < -0.4 is 10.6 Å². The molecule has 1 aliphatic carbocycles. The van der Waals surface area contributed by atoms with Gasteiger partial charge in [-0.05, 0) is 31.9 Å². The Balaban J connectivity index is 1.80. The number of nitrogens with one attached hydrogen (secondary N) is 2. The zero-order valence-corrected chi connectivity index (χ0v) is 11.7. The molecule has 0 aliphatic heterocycles. The van der Waals surface area contributed by atoms with E-state index in [0.29, 0.717) is 19.2 Å². The molecule has 0 radical (unpaired) electrons. The summed E-state index contributed by atoms with van der Waals surface area (Å²) in [5, 5.41) is 6.38. The van der Waals surface area contributed by atoms with Crippen LogP contribution in [0.3, 0.4) is 0 Å². The maximum absolute atomic E-state index is 11.9. The molecule has 5 nitrogen and oxygen atoms in total. The van der Waals surface area contributed by atoms with E-state index < -0.39 is 0 Å². The molecule has 1 amide bonds. The number of aromatic nitrogens is 1. The van der Waals surface area contributed by atoms with Crippen LogP contribution in [0.1, 0.15) is 25.5 Å². The van der Waals surface area contributed by atoms with Gasteiger partial charge >= 0.3 is 0 Å². The number of carbonyl (C=O) groups excluding carboxylic acids is 1. The van der Waals surface area contributed by atoms with Gasteiger partial charge in [-0.25, -0.2) is 0 Å². The third-order valence-electron chi connectivity index (χ3n) is 3.21. The van der Waals surface area contributed by atoms with E-state index in [4.69, 9.17) is 4.74 Å². The topological polar surface area (TPSA) is 55.3 Å². The van der Waals surface area contributed by atoms with Gasteiger partial charge in [-0.1, -0.05) is 0 Å². The smallest absolute Gasteiger partial charge is 0.240 e. The SMILES string of the molecule is COCC(C)NC(=O)Cn1cccc1CNC1CC1. The molecule has 0 bridgehead atoms. The highest BCUT2D eigenvalue weighted by molar-refractivity contribution is 5.76. The molecule has 2 N–H and O–H groups in total. The third-order valence-corrected chi connectivity index (χ3v) is 3.21. The van der Waals surface area contributed by atoms with Crippen molar-refractivity contribution in [3.8, 4) is 0 Å². The van der Waals surface area contributed by atoms with Gasteiger partial charge in [0.15, 0.2) is 0 Å². The maximum Gasteiger partial charge on any atom is 0.240 e. The Morgan fingerprint density at radius 1 is 1.58 bits per heavy atom. The summed E-state index contributed by atoms with van der Waals surface area (Å²) < 4.78 is 6.99. The minimum absolute atomic E-state index is 0.0217. The van der Waals surface area contributed by atoms with Crippen LogP contribution in [-0.4, -0.2) is 36.3 Å².